The molecule has 0 saturated carbocycles. The van der Waals surface area contributed by atoms with E-state index in [2.05, 4.69) is 11.9 Å². The lowest BCUT2D eigenvalue weighted by Crippen LogP contribution is -2.32. The maximum atomic E-state index is 11.0. The van der Waals surface area contributed by atoms with Gasteiger partial charge in [-0.1, -0.05) is 36.9 Å². The summed E-state index contributed by atoms with van der Waals surface area (Å²) in [5.74, 6) is 0. The first kappa shape index (κ1) is 9.77. The maximum absolute atomic E-state index is 11.0. The lowest BCUT2D eigenvalue weighted by molar-refractivity contribution is 0.153. The van der Waals surface area contributed by atoms with Gasteiger partial charge in [0.2, 0.25) is 0 Å². The molecule has 0 unspecified atom stereocenters. The third kappa shape index (κ3) is 2.18. The topological polar surface area (TPSA) is 38.3 Å². The van der Waals surface area contributed by atoms with E-state index in [4.69, 9.17) is 4.74 Å². The highest BCUT2D eigenvalue weighted by Crippen LogP contribution is 2.14. The number of ether oxygens (including phenoxy) is 1. The van der Waals surface area contributed by atoms with Crippen LogP contribution in [0.25, 0.3) is 0 Å². The number of carbonyl (C=O) groups is 1. The Labute approximate surface area is 88.8 Å². The Morgan fingerprint density at radius 1 is 1.40 bits per heavy atom. The Kier molecular flexibility index (Phi) is 2.72. The molecule has 2 atom stereocenters. The van der Waals surface area contributed by atoms with Crippen molar-refractivity contribution in [2.75, 3.05) is 0 Å². The molecule has 1 fully saturated rings. The van der Waals surface area contributed by atoms with Crippen molar-refractivity contribution in [1.29, 1.82) is 0 Å². The molecule has 78 valence electrons. The van der Waals surface area contributed by atoms with Crippen molar-refractivity contribution < 1.29 is 9.53 Å². The van der Waals surface area contributed by atoms with Gasteiger partial charge in [0.25, 0.3) is 0 Å². The summed E-state index contributed by atoms with van der Waals surface area (Å²) >= 11 is 0. The van der Waals surface area contributed by atoms with Crippen LogP contribution in [0.5, 0.6) is 0 Å². The highest BCUT2D eigenvalue weighted by atomic mass is 16.6. The molecule has 1 N–H and O–H groups in total. The molecule has 1 aromatic rings. The average Bonchev–Trinajstić information content (AvgIpc) is 2.60. The molecule has 0 aliphatic carbocycles. The van der Waals surface area contributed by atoms with Crippen LogP contribution in [0.3, 0.4) is 0 Å². The predicted octanol–water partition coefficient (Wildman–Crippen LogP) is 1.89. The van der Waals surface area contributed by atoms with Gasteiger partial charge in [-0.3, -0.25) is 0 Å². The second-order valence-corrected chi connectivity index (χ2v) is 3.55. The molecule has 1 aliphatic heterocycles. The highest BCUT2D eigenvalue weighted by Gasteiger charge is 2.31. The van der Waals surface area contributed by atoms with Crippen LogP contribution < -0.4 is 5.32 Å². The molecule has 1 aliphatic rings. The van der Waals surface area contributed by atoms with E-state index in [0.717, 1.165) is 6.42 Å². The van der Waals surface area contributed by atoms with E-state index in [1.807, 2.05) is 30.3 Å². The smallest absolute Gasteiger partial charge is 0.408 e. The summed E-state index contributed by atoms with van der Waals surface area (Å²) in [7, 11) is 0. The number of alkyl carbamates (subject to hydrolysis) is 1. The summed E-state index contributed by atoms with van der Waals surface area (Å²) in [6.07, 6.45) is 1.84. The van der Waals surface area contributed by atoms with Gasteiger partial charge in [-0.25, -0.2) is 4.79 Å². The summed E-state index contributed by atoms with van der Waals surface area (Å²) in [6, 6.07) is 10.00. The zero-order valence-corrected chi connectivity index (χ0v) is 8.35. The molecule has 0 bridgehead atoms. The van der Waals surface area contributed by atoms with Crippen LogP contribution in [0.1, 0.15) is 5.56 Å². The van der Waals surface area contributed by atoms with Gasteiger partial charge < -0.3 is 10.1 Å². The first-order valence-corrected chi connectivity index (χ1v) is 4.93. The minimum absolute atomic E-state index is 0.00241. The predicted molar refractivity (Wildman–Crippen MR) is 57.5 cm³/mol. The number of rotatable bonds is 3. The molecule has 3 heteroatoms. The number of hydrogen-bond acceptors (Lipinski definition) is 2. The van der Waals surface area contributed by atoms with Crippen molar-refractivity contribution in [3.05, 3.63) is 48.6 Å². The van der Waals surface area contributed by atoms with Gasteiger partial charge in [0.15, 0.2) is 0 Å². The zero-order valence-electron chi connectivity index (χ0n) is 8.35. The minimum Gasteiger partial charge on any atom is -0.440 e. The van der Waals surface area contributed by atoms with Crippen LogP contribution in [0.15, 0.2) is 43.0 Å². The standard InChI is InChI=1S/C12H13NO2/c1-2-11-10(13-12(14)15-11)8-9-6-4-3-5-7-9/h2-7,10-11H,1,8H2,(H,13,14)/t10-,11-/m0/s1. The van der Waals surface area contributed by atoms with Crippen molar-refractivity contribution in [2.45, 2.75) is 18.6 Å². The third-order valence-electron chi connectivity index (χ3n) is 2.47. The molecule has 1 heterocycles. The van der Waals surface area contributed by atoms with Crippen LogP contribution in [-0.2, 0) is 11.2 Å². The second-order valence-electron chi connectivity index (χ2n) is 3.55. The SMILES string of the molecule is C=C[C@@H]1OC(=O)N[C@H]1Cc1ccccc1. The molecule has 2 rings (SSSR count). The molecule has 1 aromatic carbocycles. The largest absolute Gasteiger partial charge is 0.440 e. The van der Waals surface area contributed by atoms with E-state index in [1.54, 1.807) is 6.08 Å². The fourth-order valence-corrected chi connectivity index (χ4v) is 1.72. The van der Waals surface area contributed by atoms with Gasteiger partial charge in [-0.15, -0.1) is 0 Å². The van der Waals surface area contributed by atoms with Gasteiger partial charge in [0, 0.05) is 0 Å². The van der Waals surface area contributed by atoms with Crippen LogP contribution >= 0.6 is 0 Å². The Morgan fingerprint density at radius 2 is 2.13 bits per heavy atom. The average molecular weight is 203 g/mol. The molecule has 0 spiro atoms. The summed E-state index contributed by atoms with van der Waals surface area (Å²) in [5, 5.41) is 2.77. The Bertz CT molecular complexity index is 361. The first-order chi connectivity index (χ1) is 7.29. The van der Waals surface area contributed by atoms with Crippen molar-refractivity contribution in [3.8, 4) is 0 Å². The van der Waals surface area contributed by atoms with E-state index in [9.17, 15) is 4.79 Å². The van der Waals surface area contributed by atoms with E-state index in [1.165, 1.54) is 5.56 Å². The van der Waals surface area contributed by atoms with Gasteiger partial charge in [0.05, 0.1) is 6.04 Å². The van der Waals surface area contributed by atoms with Crippen molar-refractivity contribution in [2.24, 2.45) is 0 Å². The molecule has 0 radical (unpaired) electrons. The van der Waals surface area contributed by atoms with Crippen LogP contribution in [-0.4, -0.2) is 18.2 Å². The lowest BCUT2D eigenvalue weighted by Gasteiger charge is -2.12. The summed E-state index contributed by atoms with van der Waals surface area (Å²) in [4.78, 5) is 11.0. The van der Waals surface area contributed by atoms with Crippen LogP contribution in [0.4, 0.5) is 4.79 Å². The molecule has 0 aromatic heterocycles. The van der Waals surface area contributed by atoms with Gasteiger partial charge in [-0.2, -0.15) is 0 Å². The number of carbonyl (C=O) groups excluding carboxylic acids is 1. The van der Waals surface area contributed by atoms with Gasteiger partial charge >= 0.3 is 6.09 Å². The van der Waals surface area contributed by atoms with E-state index in [0.29, 0.717) is 0 Å². The van der Waals surface area contributed by atoms with Crippen LogP contribution in [0.2, 0.25) is 0 Å². The minimum atomic E-state index is -0.360. The summed E-state index contributed by atoms with van der Waals surface area (Å²) < 4.78 is 5.03. The molecule has 3 nitrogen and oxygen atoms in total. The quantitative estimate of drug-likeness (QED) is 0.762. The second kappa shape index (κ2) is 4.17. The van der Waals surface area contributed by atoms with Crippen LogP contribution in [0, 0.1) is 0 Å². The van der Waals surface area contributed by atoms with Crippen molar-refractivity contribution >= 4 is 6.09 Å². The highest BCUT2D eigenvalue weighted by molar-refractivity contribution is 5.70. The molecular weight excluding hydrogens is 190 g/mol. The molecule has 1 amide bonds. The normalized spacial score (nSPS) is 24.4. The van der Waals surface area contributed by atoms with Gasteiger partial charge in [-0.05, 0) is 18.1 Å². The van der Waals surface area contributed by atoms with E-state index >= 15 is 0 Å². The molecule has 1 saturated heterocycles. The Morgan fingerprint density at radius 3 is 2.80 bits per heavy atom. The number of hydrogen-bond donors (Lipinski definition) is 1. The van der Waals surface area contributed by atoms with Crippen molar-refractivity contribution in [3.63, 3.8) is 0 Å². The van der Waals surface area contributed by atoms with Gasteiger partial charge in [0.1, 0.15) is 6.10 Å². The summed E-state index contributed by atoms with van der Waals surface area (Å²) in [5.41, 5.74) is 1.18. The van der Waals surface area contributed by atoms with E-state index in [-0.39, 0.29) is 18.2 Å². The first-order valence-electron chi connectivity index (χ1n) is 4.93. The number of benzene rings is 1. The fraction of sp³-hybridized carbons (Fsp3) is 0.250. The molecular formula is C12H13NO2. The summed E-state index contributed by atoms with van der Waals surface area (Å²) in [6.45, 7) is 3.65. The lowest BCUT2D eigenvalue weighted by atomic mass is 10.0. The number of nitrogens with one attached hydrogen (secondary N) is 1. The number of cyclic esters (lactones) is 1. The fourth-order valence-electron chi connectivity index (χ4n) is 1.72. The monoisotopic (exact) mass is 203 g/mol. The Balaban J connectivity index is 2.06. The third-order valence-corrected chi connectivity index (χ3v) is 2.47. The van der Waals surface area contributed by atoms with E-state index < -0.39 is 0 Å². The van der Waals surface area contributed by atoms with Crippen molar-refractivity contribution in [1.82, 2.24) is 5.32 Å². The zero-order chi connectivity index (χ0) is 10.7. The molecule has 15 heavy (non-hydrogen) atoms. The number of amides is 1. The Hall–Kier alpha value is -1.77. The maximum Gasteiger partial charge on any atom is 0.408 e.